The van der Waals surface area contributed by atoms with Crippen molar-refractivity contribution < 1.29 is 0 Å². The summed E-state index contributed by atoms with van der Waals surface area (Å²) in [6.45, 7) is 4.60. The van der Waals surface area contributed by atoms with Gasteiger partial charge in [-0.25, -0.2) is 4.98 Å². The van der Waals surface area contributed by atoms with E-state index in [0.717, 1.165) is 27.2 Å². The van der Waals surface area contributed by atoms with Crippen molar-refractivity contribution in [3.63, 3.8) is 0 Å². The third-order valence-electron chi connectivity index (χ3n) is 5.56. The topological polar surface area (TPSA) is 12.9 Å². The molecule has 0 bridgehead atoms. The Morgan fingerprint density at radius 1 is 0.769 bits per heavy atom. The highest BCUT2D eigenvalue weighted by Crippen LogP contribution is 2.49. The molecule has 2 heteroatoms. The first kappa shape index (κ1) is 15.6. The zero-order valence-electron chi connectivity index (χ0n) is 14.8. The SMILES string of the molecule is CC1(C)c2ccccc2-c2ccc(-c3ccc4c(Cl)cccc4n3)cc21. The highest BCUT2D eigenvalue weighted by molar-refractivity contribution is 6.35. The number of halogens is 1. The molecule has 0 atom stereocenters. The van der Waals surface area contributed by atoms with Crippen molar-refractivity contribution in [1.29, 1.82) is 0 Å². The molecule has 4 aromatic rings. The van der Waals surface area contributed by atoms with Gasteiger partial charge in [0.15, 0.2) is 0 Å². The smallest absolute Gasteiger partial charge is 0.0724 e. The van der Waals surface area contributed by atoms with Crippen molar-refractivity contribution in [3.8, 4) is 22.4 Å². The van der Waals surface area contributed by atoms with E-state index in [1.807, 2.05) is 18.2 Å². The number of aromatic nitrogens is 1. The van der Waals surface area contributed by atoms with E-state index < -0.39 is 0 Å². The lowest BCUT2D eigenvalue weighted by Crippen LogP contribution is -2.14. The highest BCUT2D eigenvalue weighted by atomic mass is 35.5. The number of benzene rings is 3. The Bertz CT molecular complexity index is 1170. The van der Waals surface area contributed by atoms with Crippen molar-refractivity contribution in [2.24, 2.45) is 0 Å². The summed E-state index contributed by atoms with van der Waals surface area (Å²) in [7, 11) is 0. The van der Waals surface area contributed by atoms with Gasteiger partial charge in [-0.2, -0.15) is 0 Å². The zero-order valence-corrected chi connectivity index (χ0v) is 15.5. The minimum Gasteiger partial charge on any atom is -0.248 e. The molecule has 5 rings (SSSR count). The highest BCUT2D eigenvalue weighted by Gasteiger charge is 2.35. The van der Waals surface area contributed by atoms with Crippen LogP contribution in [0.15, 0.2) is 72.8 Å². The summed E-state index contributed by atoms with van der Waals surface area (Å²) in [5.41, 5.74) is 8.49. The summed E-state index contributed by atoms with van der Waals surface area (Å²) in [4.78, 5) is 4.84. The second kappa shape index (κ2) is 5.43. The van der Waals surface area contributed by atoms with Gasteiger partial charge >= 0.3 is 0 Å². The van der Waals surface area contributed by atoms with E-state index in [4.69, 9.17) is 16.6 Å². The molecule has 0 spiro atoms. The molecule has 0 fully saturated rings. The molecule has 1 aliphatic rings. The molecule has 26 heavy (non-hydrogen) atoms. The third kappa shape index (κ3) is 2.14. The van der Waals surface area contributed by atoms with Crippen LogP contribution in [0.5, 0.6) is 0 Å². The molecule has 0 aliphatic heterocycles. The van der Waals surface area contributed by atoms with Crippen LogP contribution in [0.1, 0.15) is 25.0 Å². The maximum Gasteiger partial charge on any atom is 0.0724 e. The van der Waals surface area contributed by atoms with Gasteiger partial charge in [-0.1, -0.05) is 67.9 Å². The summed E-state index contributed by atoms with van der Waals surface area (Å²) in [5, 5.41) is 1.74. The molecule has 0 unspecified atom stereocenters. The van der Waals surface area contributed by atoms with Crippen molar-refractivity contribution in [2.45, 2.75) is 19.3 Å². The average Bonchev–Trinajstić information content (AvgIpc) is 2.89. The van der Waals surface area contributed by atoms with Gasteiger partial charge in [0.25, 0.3) is 0 Å². The molecule has 0 radical (unpaired) electrons. The van der Waals surface area contributed by atoms with Crippen molar-refractivity contribution in [2.75, 3.05) is 0 Å². The van der Waals surface area contributed by atoms with Gasteiger partial charge < -0.3 is 0 Å². The minimum absolute atomic E-state index is 0.00208. The van der Waals surface area contributed by atoms with Crippen molar-refractivity contribution in [3.05, 3.63) is 88.9 Å². The molecule has 1 nitrogen and oxygen atoms in total. The number of hydrogen-bond donors (Lipinski definition) is 0. The average molecular weight is 356 g/mol. The van der Waals surface area contributed by atoms with Crippen LogP contribution in [0.4, 0.5) is 0 Å². The van der Waals surface area contributed by atoms with E-state index in [1.165, 1.54) is 22.3 Å². The summed E-state index contributed by atoms with van der Waals surface area (Å²) in [6.07, 6.45) is 0. The largest absolute Gasteiger partial charge is 0.248 e. The van der Waals surface area contributed by atoms with Crippen LogP contribution in [0.3, 0.4) is 0 Å². The Balaban J connectivity index is 1.69. The van der Waals surface area contributed by atoms with Crippen LogP contribution >= 0.6 is 11.6 Å². The third-order valence-corrected chi connectivity index (χ3v) is 5.89. The fourth-order valence-corrected chi connectivity index (χ4v) is 4.37. The first-order valence-electron chi connectivity index (χ1n) is 8.86. The number of rotatable bonds is 1. The number of hydrogen-bond acceptors (Lipinski definition) is 1. The van der Waals surface area contributed by atoms with Crippen LogP contribution in [0, 0.1) is 0 Å². The fourth-order valence-electron chi connectivity index (χ4n) is 4.14. The van der Waals surface area contributed by atoms with E-state index in [-0.39, 0.29) is 5.41 Å². The molecule has 0 N–H and O–H groups in total. The Labute approximate surface area is 158 Å². The molecular formula is C24H18ClN. The molecular weight excluding hydrogens is 338 g/mol. The van der Waals surface area contributed by atoms with Crippen molar-refractivity contribution in [1.82, 2.24) is 4.98 Å². The molecule has 1 aliphatic carbocycles. The zero-order chi connectivity index (χ0) is 17.9. The van der Waals surface area contributed by atoms with Crippen LogP contribution in [-0.4, -0.2) is 4.98 Å². The number of fused-ring (bicyclic) bond motifs is 4. The van der Waals surface area contributed by atoms with E-state index in [0.29, 0.717) is 0 Å². The maximum absolute atomic E-state index is 6.28. The molecule has 0 amide bonds. The minimum atomic E-state index is 0.00208. The van der Waals surface area contributed by atoms with Gasteiger partial charge in [-0.3, -0.25) is 0 Å². The van der Waals surface area contributed by atoms with Gasteiger partial charge in [0.05, 0.1) is 11.2 Å². The summed E-state index contributed by atoms with van der Waals surface area (Å²) < 4.78 is 0. The maximum atomic E-state index is 6.28. The Morgan fingerprint density at radius 3 is 2.46 bits per heavy atom. The standard InChI is InChI=1S/C24H18ClN/c1-24(2)19-7-4-3-6-16(19)17-11-10-15(14-20(17)24)22-13-12-18-21(25)8-5-9-23(18)26-22/h3-14H,1-2H3. The molecule has 0 saturated carbocycles. The lowest BCUT2D eigenvalue weighted by molar-refractivity contribution is 0.660. The fraction of sp³-hybridized carbons (Fsp3) is 0.125. The van der Waals surface area contributed by atoms with E-state index >= 15 is 0 Å². The van der Waals surface area contributed by atoms with Crippen LogP contribution in [0.25, 0.3) is 33.3 Å². The lowest BCUT2D eigenvalue weighted by Gasteiger charge is -2.21. The Morgan fingerprint density at radius 2 is 1.58 bits per heavy atom. The lowest BCUT2D eigenvalue weighted by atomic mass is 9.82. The Kier molecular flexibility index (Phi) is 3.26. The van der Waals surface area contributed by atoms with E-state index in [2.05, 4.69) is 68.4 Å². The first-order valence-corrected chi connectivity index (χ1v) is 9.23. The molecule has 126 valence electrons. The second-order valence-corrected chi connectivity index (χ2v) is 7.84. The summed E-state index contributed by atoms with van der Waals surface area (Å²) in [6, 6.07) is 25.4. The number of nitrogens with zero attached hydrogens (tertiary/aromatic N) is 1. The van der Waals surface area contributed by atoms with Gasteiger partial charge in [0, 0.05) is 21.4 Å². The summed E-state index contributed by atoms with van der Waals surface area (Å²) >= 11 is 6.28. The van der Waals surface area contributed by atoms with Gasteiger partial charge in [-0.15, -0.1) is 0 Å². The quantitative estimate of drug-likeness (QED) is 0.363. The predicted octanol–water partition coefficient (Wildman–Crippen LogP) is 6.86. The van der Waals surface area contributed by atoms with Gasteiger partial charge in [-0.05, 0) is 52.6 Å². The van der Waals surface area contributed by atoms with Crippen molar-refractivity contribution >= 4 is 22.5 Å². The second-order valence-electron chi connectivity index (χ2n) is 7.43. The van der Waals surface area contributed by atoms with Crippen LogP contribution < -0.4 is 0 Å². The molecule has 1 aromatic heterocycles. The number of pyridine rings is 1. The molecule has 1 heterocycles. The van der Waals surface area contributed by atoms with E-state index in [1.54, 1.807) is 0 Å². The molecule has 0 saturated heterocycles. The van der Waals surface area contributed by atoms with Gasteiger partial charge in [0.1, 0.15) is 0 Å². The first-order chi connectivity index (χ1) is 12.6. The predicted molar refractivity (Wildman–Crippen MR) is 110 cm³/mol. The Hall–Kier alpha value is -2.64. The normalized spacial score (nSPS) is 14.3. The van der Waals surface area contributed by atoms with Gasteiger partial charge in [0.2, 0.25) is 0 Å². The van der Waals surface area contributed by atoms with Crippen LogP contribution in [0.2, 0.25) is 5.02 Å². The monoisotopic (exact) mass is 355 g/mol. The van der Waals surface area contributed by atoms with Crippen LogP contribution in [-0.2, 0) is 5.41 Å². The van der Waals surface area contributed by atoms with E-state index in [9.17, 15) is 0 Å². The summed E-state index contributed by atoms with van der Waals surface area (Å²) in [5.74, 6) is 0. The molecule has 3 aromatic carbocycles.